The number of anilines is 1. The first kappa shape index (κ1) is 21.7. The Bertz CT molecular complexity index is 1080. The van der Waals surface area contributed by atoms with Crippen molar-refractivity contribution in [1.82, 2.24) is 4.90 Å². The van der Waals surface area contributed by atoms with Gasteiger partial charge in [0.1, 0.15) is 5.75 Å². The summed E-state index contributed by atoms with van der Waals surface area (Å²) < 4.78 is 54.3. The zero-order valence-electron chi connectivity index (χ0n) is 17.5. The van der Waals surface area contributed by atoms with Gasteiger partial charge in [0.25, 0.3) is 0 Å². The number of methoxy groups -OCH3 is 1. The van der Waals surface area contributed by atoms with Crippen molar-refractivity contribution in [2.24, 2.45) is 0 Å². The first-order valence-electron chi connectivity index (χ1n) is 10.0. The number of alkyl halides is 3. The Hall–Kier alpha value is -3.49. The maximum Gasteiger partial charge on any atom is 0.420 e. The average Bonchev–Trinajstić information content (AvgIpc) is 3.19. The highest BCUT2D eigenvalue weighted by atomic mass is 19.4. The van der Waals surface area contributed by atoms with Gasteiger partial charge in [-0.2, -0.15) is 13.2 Å². The van der Waals surface area contributed by atoms with Crippen molar-refractivity contribution in [3.05, 3.63) is 71.3 Å². The maximum atomic E-state index is 14.8. The number of carbonyl (C=O) groups is 2. The van der Waals surface area contributed by atoms with Gasteiger partial charge >= 0.3 is 18.2 Å². The molecule has 2 aliphatic rings. The summed E-state index contributed by atoms with van der Waals surface area (Å²) in [5, 5.41) is 0. The van der Waals surface area contributed by atoms with Crippen LogP contribution in [-0.2, 0) is 21.6 Å². The lowest BCUT2D eigenvalue weighted by Gasteiger charge is -2.48. The van der Waals surface area contributed by atoms with Crippen molar-refractivity contribution in [3.8, 4) is 5.75 Å². The molecule has 0 bridgehead atoms. The second-order valence-electron chi connectivity index (χ2n) is 7.39. The predicted molar refractivity (Wildman–Crippen MR) is 110 cm³/mol. The molecule has 9 heteroatoms. The molecule has 0 radical (unpaired) electrons. The van der Waals surface area contributed by atoms with E-state index in [-0.39, 0.29) is 30.9 Å². The molecule has 2 aromatic rings. The van der Waals surface area contributed by atoms with Gasteiger partial charge in [-0.15, -0.1) is 0 Å². The lowest BCUT2D eigenvalue weighted by atomic mass is 9.79. The van der Waals surface area contributed by atoms with Gasteiger partial charge in [0.15, 0.2) is 5.54 Å². The third-order valence-electron chi connectivity index (χ3n) is 5.72. The van der Waals surface area contributed by atoms with Gasteiger partial charge in [-0.05, 0) is 30.7 Å². The van der Waals surface area contributed by atoms with Crippen LogP contribution in [-0.4, -0.2) is 43.3 Å². The number of halogens is 3. The van der Waals surface area contributed by atoms with Crippen LogP contribution in [0.3, 0.4) is 0 Å². The van der Waals surface area contributed by atoms with E-state index in [4.69, 9.17) is 9.47 Å². The zero-order chi connectivity index (χ0) is 23.1. The summed E-state index contributed by atoms with van der Waals surface area (Å²) in [6, 6.07) is 11.9. The molecule has 1 atom stereocenters. The van der Waals surface area contributed by atoms with E-state index in [1.807, 2.05) is 0 Å². The van der Waals surface area contributed by atoms with Gasteiger partial charge in [0.05, 0.1) is 31.5 Å². The first-order valence-corrected chi connectivity index (χ1v) is 10.0. The summed E-state index contributed by atoms with van der Waals surface area (Å²) in [5.41, 5.74) is -2.86. The smallest absolute Gasteiger partial charge is 0.420 e. The number of para-hydroxylation sites is 1. The van der Waals surface area contributed by atoms with Crippen molar-refractivity contribution < 1.29 is 32.2 Å². The van der Waals surface area contributed by atoms with Crippen LogP contribution in [0.2, 0.25) is 0 Å². The minimum atomic E-state index is -4.94. The van der Waals surface area contributed by atoms with Crippen molar-refractivity contribution in [2.45, 2.75) is 25.2 Å². The number of carbonyl (C=O) groups excluding carboxylic acids is 2. The third-order valence-corrected chi connectivity index (χ3v) is 5.72. The summed E-state index contributed by atoms with van der Waals surface area (Å²) in [5.74, 6) is -0.462. The minimum absolute atomic E-state index is 0.0546. The molecule has 32 heavy (non-hydrogen) atoms. The second kappa shape index (κ2) is 7.89. The monoisotopic (exact) mass is 446 g/mol. The molecule has 0 aliphatic carbocycles. The molecule has 168 valence electrons. The van der Waals surface area contributed by atoms with Crippen LogP contribution in [0.1, 0.15) is 18.1 Å². The lowest BCUT2D eigenvalue weighted by molar-refractivity contribution is -0.212. The van der Waals surface area contributed by atoms with Crippen molar-refractivity contribution >= 4 is 17.7 Å². The Balaban J connectivity index is 1.86. The summed E-state index contributed by atoms with van der Waals surface area (Å²) in [6.07, 6.45) is -3.81. The highest BCUT2D eigenvalue weighted by Crippen LogP contribution is 2.57. The number of nitrogens with zero attached hydrogens (tertiary/aromatic N) is 2. The zero-order valence-corrected chi connectivity index (χ0v) is 17.5. The molecule has 4 rings (SSSR count). The van der Waals surface area contributed by atoms with Crippen molar-refractivity contribution in [2.75, 3.05) is 25.2 Å². The first-order chi connectivity index (χ1) is 15.3. The molecular formula is C23H21F3N2O4. The van der Waals surface area contributed by atoms with Crippen LogP contribution in [0.5, 0.6) is 5.75 Å². The van der Waals surface area contributed by atoms with E-state index in [1.165, 1.54) is 37.1 Å². The lowest BCUT2D eigenvalue weighted by Crippen LogP contribution is -2.64. The molecule has 0 spiro atoms. The number of amides is 2. The standard InChI is InChI=1S/C23H21F3N2O4/c1-3-32-20(29)18-12-13-28-21(30)27(14-15-8-10-16(31-2)11-9-15)19-7-5-4-6-17(19)22(18,28)23(24,25)26/h4-12H,3,13-14H2,1-2H3. The molecule has 0 fully saturated rings. The Kier molecular flexibility index (Phi) is 5.36. The Morgan fingerprint density at radius 1 is 1.12 bits per heavy atom. The van der Waals surface area contributed by atoms with Crippen LogP contribution in [0.15, 0.2) is 60.2 Å². The fourth-order valence-corrected chi connectivity index (χ4v) is 4.35. The summed E-state index contributed by atoms with van der Waals surface area (Å²) in [4.78, 5) is 28.0. The van der Waals surface area contributed by atoms with E-state index >= 15 is 0 Å². The maximum absolute atomic E-state index is 14.8. The summed E-state index contributed by atoms with van der Waals surface area (Å²) in [7, 11) is 1.53. The SMILES string of the molecule is CCOC(=O)C1=CCN2C(=O)N(Cc3ccc(OC)cc3)c3ccccc3C12C(F)(F)F. The van der Waals surface area contributed by atoms with Crippen LogP contribution >= 0.6 is 0 Å². The van der Waals surface area contributed by atoms with E-state index in [1.54, 1.807) is 30.3 Å². The molecule has 6 nitrogen and oxygen atoms in total. The highest BCUT2D eigenvalue weighted by molar-refractivity contribution is 6.02. The van der Waals surface area contributed by atoms with Crippen molar-refractivity contribution in [3.63, 3.8) is 0 Å². The molecule has 2 heterocycles. The van der Waals surface area contributed by atoms with E-state index in [0.717, 1.165) is 6.08 Å². The number of hydrogen-bond donors (Lipinski definition) is 0. The van der Waals surface area contributed by atoms with Gasteiger partial charge in [-0.1, -0.05) is 36.4 Å². The van der Waals surface area contributed by atoms with Crippen LogP contribution in [0.4, 0.5) is 23.7 Å². The van der Waals surface area contributed by atoms with E-state index < -0.39 is 29.3 Å². The highest BCUT2D eigenvalue weighted by Gasteiger charge is 2.70. The summed E-state index contributed by atoms with van der Waals surface area (Å²) >= 11 is 0. The number of benzene rings is 2. The van der Waals surface area contributed by atoms with Gasteiger partial charge < -0.3 is 9.47 Å². The number of esters is 1. The number of ether oxygens (including phenoxy) is 2. The van der Waals surface area contributed by atoms with Gasteiger partial charge in [0.2, 0.25) is 0 Å². The molecule has 0 N–H and O–H groups in total. The quantitative estimate of drug-likeness (QED) is 0.639. The van der Waals surface area contributed by atoms with Crippen LogP contribution in [0.25, 0.3) is 0 Å². The molecule has 2 aliphatic heterocycles. The fourth-order valence-electron chi connectivity index (χ4n) is 4.35. The predicted octanol–water partition coefficient (Wildman–Crippen LogP) is 4.40. The molecule has 0 saturated carbocycles. The van der Waals surface area contributed by atoms with Crippen LogP contribution in [0, 0.1) is 0 Å². The Labute approximate surface area is 182 Å². The van der Waals surface area contributed by atoms with E-state index in [0.29, 0.717) is 16.2 Å². The fraction of sp³-hybridized carbons (Fsp3) is 0.304. The largest absolute Gasteiger partial charge is 0.497 e. The van der Waals surface area contributed by atoms with Crippen molar-refractivity contribution in [1.29, 1.82) is 0 Å². The van der Waals surface area contributed by atoms with Gasteiger partial charge in [0, 0.05) is 12.1 Å². The molecule has 0 saturated heterocycles. The number of hydrogen-bond acceptors (Lipinski definition) is 4. The third kappa shape index (κ3) is 3.11. The number of rotatable bonds is 5. The molecule has 2 aromatic carbocycles. The Morgan fingerprint density at radius 2 is 1.81 bits per heavy atom. The molecule has 2 amide bonds. The molecule has 1 unspecified atom stereocenters. The molecular weight excluding hydrogens is 425 g/mol. The Morgan fingerprint density at radius 3 is 2.44 bits per heavy atom. The van der Waals surface area contributed by atoms with Crippen LogP contribution < -0.4 is 9.64 Å². The van der Waals surface area contributed by atoms with Gasteiger partial charge in [-0.3, -0.25) is 9.80 Å². The molecule has 0 aromatic heterocycles. The van der Waals surface area contributed by atoms with E-state index in [2.05, 4.69) is 0 Å². The average molecular weight is 446 g/mol. The normalized spacial score (nSPS) is 19.9. The van der Waals surface area contributed by atoms with E-state index in [9.17, 15) is 22.8 Å². The number of urea groups is 1. The topological polar surface area (TPSA) is 59.1 Å². The number of fused-ring (bicyclic) bond motifs is 3. The minimum Gasteiger partial charge on any atom is -0.497 e. The summed E-state index contributed by atoms with van der Waals surface area (Å²) in [6.45, 7) is 1.13. The van der Waals surface area contributed by atoms with Gasteiger partial charge in [-0.25, -0.2) is 9.59 Å². The second-order valence-corrected chi connectivity index (χ2v) is 7.39.